The molecule has 6 heteroatoms. The number of benzene rings is 1. The second-order valence-electron chi connectivity index (χ2n) is 6.65. The van der Waals surface area contributed by atoms with Gasteiger partial charge in [-0.2, -0.15) is 0 Å². The van der Waals surface area contributed by atoms with E-state index in [1.165, 1.54) is 0 Å². The maximum atomic E-state index is 12.2. The van der Waals surface area contributed by atoms with Crippen molar-refractivity contribution in [3.8, 4) is 0 Å². The molecule has 1 saturated heterocycles. The quantitative estimate of drug-likeness (QED) is 0.886. The molecule has 0 bridgehead atoms. The number of hydrogen-bond donors (Lipinski definition) is 2. The van der Waals surface area contributed by atoms with Crippen LogP contribution in [0.25, 0.3) is 0 Å². The van der Waals surface area contributed by atoms with E-state index in [2.05, 4.69) is 5.32 Å². The zero-order valence-corrected chi connectivity index (χ0v) is 14.7. The minimum Gasteiger partial charge on any atom is -0.385 e. The van der Waals surface area contributed by atoms with Gasteiger partial charge in [0.1, 0.15) is 0 Å². The third-order valence-corrected chi connectivity index (χ3v) is 4.73. The molecule has 1 fully saturated rings. The maximum absolute atomic E-state index is 12.2. The van der Waals surface area contributed by atoms with Crippen molar-refractivity contribution in [1.29, 1.82) is 0 Å². The first kappa shape index (κ1) is 18.0. The molecule has 0 aliphatic carbocycles. The zero-order valence-electron chi connectivity index (χ0n) is 13.9. The van der Waals surface area contributed by atoms with Gasteiger partial charge in [-0.15, -0.1) is 0 Å². The van der Waals surface area contributed by atoms with E-state index in [-0.39, 0.29) is 6.03 Å². The number of aliphatic hydroxyl groups is 1. The van der Waals surface area contributed by atoms with Crippen LogP contribution in [0.5, 0.6) is 0 Å². The fourth-order valence-electron chi connectivity index (χ4n) is 2.60. The fourth-order valence-corrected chi connectivity index (χ4v) is 2.73. The van der Waals surface area contributed by atoms with Gasteiger partial charge >= 0.3 is 6.03 Å². The molecule has 128 valence electrons. The van der Waals surface area contributed by atoms with Gasteiger partial charge in [0.2, 0.25) is 0 Å². The molecule has 0 atom stereocenters. The first-order valence-electron chi connectivity index (χ1n) is 7.82. The van der Waals surface area contributed by atoms with Gasteiger partial charge in [-0.3, -0.25) is 0 Å². The maximum Gasteiger partial charge on any atom is 0.317 e. The van der Waals surface area contributed by atoms with E-state index < -0.39 is 11.2 Å². The van der Waals surface area contributed by atoms with Crippen LogP contribution in [0.1, 0.15) is 32.3 Å². The predicted octanol–water partition coefficient (Wildman–Crippen LogP) is 2.76. The van der Waals surface area contributed by atoms with Gasteiger partial charge in [0.05, 0.1) is 11.2 Å². The van der Waals surface area contributed by atoms with E-state index in [0.29, 0.717) is 37.5 Å². The number of hydrogen-bond acceptors (Lipinski definition) is 3. The van der Waals surface area contributed by atoms with Crippen LogP contribution in [-0.2, 0) is 10.3 Å². The van der Waals surface area contributed by atoms with Gasteiger partial charge in [-0.05, 0) is 44.4 Å². The summed E-state index contributed by atoms with van der Waals surface area (Å²) in [5.41, 5.74) is -0.440. The Hall–Kier alpha value is -1.30. The van der Waals surface area contributed by atoms with Crippen LogP contribution < -0.4 is 5.32 Å². The number of urea groups is 1. The Kier molecular flexibility index (Phi) is 5.55. The standard InChI is InChI=1S/C17H25ClN2O3/c1-16(2,23-3)12-19-15(21)20-10-8-17(22,9-11-20)13-4-6-14(18)7-5-13/h4-7,22H,8-12H2,1-3H3,(H,19,21). The number of ether oxygens (including phenoxy) is 1. The summed E-state index contributed by atoms with van der Waals surface area (Å²) in [4.78, 5) is 13.9. The van der Waals surface area contributed by atoms with Crippen LogP contribution in [0.15, 0.2) is 24.3 Å². The average Bonchev–Trinajstić information content (AvgIpc) is 2.54. The summed E-state index contributed by atoms with van der Waals surface area (Å²) in [6.07, 6.45) is 1.02. The number of rotatable bonds is 4. The lowest BCUT2D eigenvalue weighted by molar-refractivity contribution is -0.0180. The van der Waals surface area contributed by atoms with Gasteiger partial charge in [-0.25, -0.2) is 4.79 Å². The van der Waals surface area contributed by atoms with Crippen LogP contribution in [0.2, 0.25) is 5.02 Å². The number of piperidine rings is 1. The molecule has 2 rings (SSSR count). The summed E-state index contributed by atoms with van der Waals surface area (Å²) < 4.78 is 5.29. The third-order valence-electron chi connectivity index (χ3n) is 4.48. The van der Waals surface area contributed by atoms with Crippen molar-refractivity contribution in [1.82, 2.24) is 10.2 Å². The highest BCUT2D eigenvalue weighted by atomic mass is 35.5. The molecular formula is C17H25ClN2O3. The lowest BCUT2D eigenvalue weighted by atomic mass is 9.84. The highest BCUT2D eigenvalue weighted by molar-refractivity contribution is 6.30. The topological polar surface area (TPSA) is 61.8 Å². The van der Waals surface area contributed by atoms with Crippen molar-refractivity contribution in [3.63, 3.8) is 0 Å². The molecule has 23 heavy (non-hydrogen) atoms. The van der Waals surface area contributed by atoms with Gasteiger partial charge in [0.25, 0.3) is 0 Å². The minimum absolute atomic E-state index is 0.117. The molecule has 2 amide bonds. The smallest absolute Gasteiger partial charge is 0.317 e. The number of amides is 2. The van der Waals surface area contributed by atoms with E-state index in [0.717, 1.165) is 5.56 Å². The van der Waals surface area contributed by atoms with E-state index in [1.807, 2.05) is 26.0 Å². The number of methoxy groups -OCH3 is 1. The lowest BCUT2D eigenvalue weighted by Gasteiger charge is -2.39. The summed E-state index contributed by atoms with van der Waals surface area (Å²) in [5.74, 6) is 0. The summed E-state index contributed by atoms with van der Waals surface area (Å²) in [6, 6.07) is 7.13. The Bertz CT molecular complexity index is 537. The molecule has 0 aromatic heterocycles. The number of likely N-dealkylation sites (tertiary alicyclic amines) is 1. The first-order chi connectivity index (χ1) is 10.8. The third kappa shape index (κ3) is 4.59. The summed E-state index contributed by atoms with van der Waals surface area (Å²) in [7, 11) is 1.62. The van der Waals surface area contributed by atoms with Crippen molar-refractivity contribution in [2.24, 2.45) is 0 Å². The van der Waals surface area contributed by atoms with Crippen molar-refractivity contribution < 1.29 is 14.6 Å². The monoisotopic (exact) mass is 340 g/mol. The molecule has 0 unspecified atom stereocenters. The Labute approximate surface area is 142 Å². The van der Waals surface area contributed by atoms with E-state index in [9.17, 15) is 9.90 Å². The number of halogens is 1. The highest BCUT2D eigenvalue weighted by Crippen LogP contribution is 2.33. The van der Waals surface area contributed by atoms with Crippen LogP contribution in [-0.4, -0.2) is 48.4 Å². The molecule has 1 heterocycles. The lowest BCUT2D eigenvalue weighted by Crippen LogP contribution is -2.51. The Morgan fingerprint density at radius 1 is 1.35 bits per heavy atom. The van der Waals surface area contributed by atoms with E-state index >= 15 is 0 Å². The normalized spacial score (nSPS) is 17.9. The van der Waals surface area contributed by atoms with Gasteiger partial charge < -0.3 is 20.1 Å². The largest absolute Gasteiger partial charge is 0.385 e. The van der Waals surface area contributed by atoms with Crippen LogP contribution in [0.4, 0.5) is 4.79 Å². The minimum atomic E-state index is -0.896. The number of nitrogens with zero attached hydrogens (tertiary/aromatic N) is 1. The van der Waals surface area contributed by atoms with Gasteiger partial charge in [0, 0.05) is 31.8 Å². The van der Waals surface area contributed by atoms with Crippen molar-refractivity contribution in [2.45, 2.75) is 37.9 Å². The number of carbonyl (C=O) groups excluding carboxylic acids is 1. The first-order valence-corrected chi connectivity index (χ1v) is 8.20. The predicted molar refractivity (Wildman–Crippen MR) is 90.6 cm³/mol. The summed E-state index contributed by atoms with van der Waals surface area (Å²) >= 11 is 5.89. The van der Waals surface area contributed by atoms with E-state index in [4.69, 9.17) is 16.3 Å². The average molecular weight is 341 g/mol. The van der Waals surface area contributed by atoms with E-state index in [1.54, 1.807) is 24.1 Å². The zero-order chi connectivity index (χ0) is 17.1. The molecular weight excluding hydrogens is 316 g/mol. The molecule has 0 spiro atoms. The van der Waals surface area contributed by atoms with Crippen molar-refractivity contribution >= 4 is 17.6 Å². The molecule has 1 aliphatic rings. The van der Waals surface area contributed by atoms with Crippen LogP contribution >= 0.6 is 11.6 Å². The second kappa shape index (κ2) is 7.07. The Morgan fingerprint density at radius 3 is 2.43 bits per heavy atom. The Morgan fingerprint density at radius 2 is 1.91 bits per heavy atom. The molecule has 5 nitrogen and oxygen atoms in total. The van der Waals surface area contributed by atoms with Crippen LogP contribution in [0.3, 0.4) is 0 Å². The number of carbonyl (C=O) groups is 1. The molecule has 2 N–H and O–H groups in total. The fraction of sp³-hybridized carbons (Fsp3) is 0.588. The van der Waals surface area contributed by atoms with Crippen LogP contribution in [0, 0.1) is 0 Å². The van der Waals surface area contributed by atoms with Crippen molar-refractivity contribution in [2.75, 3.05) is 26.7 Å². The SMILES string of the molecule is COC(C)(C)CNC(=O)N1CCC(O)(c2ccc(Cl)cc2)CC1. The molecule has 1 aromatic carbocycles. The van der Waals surface area contributed by atoms with Crippen molar-refractivity contribution in [3.05, 3.63) is 34.9 Å². The second-order valence-corrected chi connectivity index (χ2v) is 7.08. The van der Waals surface area contributed by atoms with Gasteiger partial charge in [-0.1, -0.05) is 23.7 Å². The van der Waals surface area contributed by atoms with Gasteiger partial charge in [0.15, 0.2) is 0 Å². The molecule has 0 saturated carbocycles. The molecule has 0 radical (unpaired) electrons. The highest BCUT2D eigenvalue weighted by Gasteiger charge is 2.35. The summed E-state index contributed by atoms with van der Waals surface area (Å²) in [6.45, 7) is 5.31. The molecule has 1 aromatic rings. The Balaban J connectivity index is 1.90. The number of nitrogens with one attached hydrogen (secondary N) is 1. The molecule has 1 aliphatic heterocycles. The summed E-state index contributed by atoms with van der Waals surface area (Å²) in [5, 5.41) is 14.3.